The van der Waals surface area contributed by atoms with Gasteiger partial charge in [-0.2, -0.15) is 0 Å². The predicted octanol–water partition coefficient (Wildman–Crippen LogP) is 1.79. The monoisotopic (exact) mass is 333 g/mol. The molecule has 1 aromatic carbocycles. The van der Waals surface area contributed by atoms with Crippen LogP contribution in [0, 0.1) is 12.8 Å². The van der Waals surface area contributed by atoms with Gasteiger partial charge < -0.3 is 20.3 Å². The molecule has 0 fully saturated rings. The first-order valence-electron chi connectivity index (χ1n) is 8.56. The van der Waals surface area contributed by atoms with Gasteiger partial charge in [-0.3, -0.25) is 9.59 Å². The summed E-state index contributed by atoms with van der Waals surface area (Å²) in [6.07, 6.45) is 0.136. The second-order valence-corrected chi connectivity index (χ2v) is 6.08. The minimum Gasteiger partial charge on any atom is -0.491 e. The molecule has 0 bridgehead atoms. The minimum atomic E-state index is -0.480. The van der Waals surface area contributed by atoms with Crippen LogP contribution in [0.4, 0.5) is 5.69 Å². The van der Waals surface area contributed by atoms with Gasteiger partial charge in [-0.15, -0.1) is 0 Å². The van der Waals surface area contributed by atoms with Crippen molar-refractivity contribution in [3.05, 3.63) is 23.8 Å². The van der Waals surface area contributed by atoms with E-state index in [1.54, 1.807) is 0 Å². The zero-order valence-electron chi connectivity index (χ0n) is 14.7. The van der Waals surface area contributed by atoms with Crippen molar-refractivity contribution in [3.63, 3.8) is 0 Å². The van der Waals surface area contributed by atoms with Gasteiger partial charge in [-0.25, -0.2) is 0 Å². The summed E-state index contributed by atoms with van der Waals surface area (Å²) in [6.45, 7) is 9.70. The zero-order valence-corrected chi connectivity index (χ0v) is 14.7. The summed E-state index contributed by atoms with van der Waals surface area (Å²) >= 11 is 0. The Morgan fingerprint density at radius 1 is 1.38 bits per heavy atom. The number of carbonyl (C=O) groups excluding carboxylic acids is 2. The number of fused-ring (bicyclic) bond motifs is 1. The van der Waals surface area contributed by atoms with Crippen molar-refractivity contribution in [3.8, 4) is 5.75 Å². The molecule has 1 aliphatic heterocycles. The maximum Gasteiger partial charge on any atom is 0.231 e. The number of hydrogen-bond acceptors (Lipinski definition) is 4. The van der Waals surface area contributed by atoms with Gasteiger partial charge in [-0.05, 0) is 37.7 Å². The normalized spacial score (nSPS) is 16.8. The maximum absolute atomic E-state index is 12.3. The Bertz CT molecular complexity index is 585. The molecule has 0 radical (unpaired) electrons. The molecule has 0 spiro atoms. The number of nitrogens with zero attached hydrogens (tertiary/aromatic N) is 1. The first kappa shape index (κ1) is 18.3. The first-order valence-corrected chi connectivity index (χ1v) is 8.56. The topological polar surface area (TPSA) is 70.7 Å². The molecule has 0 aromatic heterocycles. The Hall–Kier alpha value is -2.08. The molecule has 1 heterocycles. The van der Waals surface area contributed by atoms with Crippen molar-refractivity contribution >= 4 is 17.5 Å². The van der Waals surface area contributed by atoms with Crippen molar-refractivity contribution in [2.75, 3.05) is 38.1 Å². The highest BCUT2D eigenvalue weighted by Crippen LogP contribution is 2.29. The van der Waals surface area contributed by atoms with Crippen LogP contribution >= 0.6 is 0 Å². The Labute approximate surface area is 143 Å². The first-order chi connectivity index (χ1) is 11.5. The fraction of sp³-hybridized carbons (Fsp3) is 0.556. The van der Waals surface area contributed by atoms with Crippen LogP contribution in [-0.4, -0.2) is 49.5 Å². The van der Waals surface area contributed by atoms with Crippen molar-refractivity contribution < 1.29 is 14.3 Å². The Kier molecular flexibility index (Phi) is 6.61. The third-order valence-electron chi connectivity index (χ3n) is 4.28. The number of benzene rings is 1. The maximum atomic E-state index is 12.3. The average Bonchev–Trinajstić information content (AvgIpc) is 2.71. The van der Waals surface area contributed by atoms with Crippen LogP contribution in [0.1, 0.15) is 25.8 Å². The lowest BCUT2D eigenvalue weighted by Gasteiger charge is -2.18. The predicted molar refractivity (Wildman–Crippen MR) is 94.2 cm³/mol. The van der Waals surface area contributed by atoms with Crippen LogP contribution in [0.15, 0.2) is 18.2 Å². The number of likely N-dealkylation sites (N-methyl/N-ethyl adjacent to an activating group) is 1. The van der Waals surface area contributed by atoms with Gasteiger partial charge in [0.2, 0.25) is 11.8 Å². The number of hydrogen-bond donors (Lipinski definition) is 2. The Morgan fingerprint density at radius 2 is 2.12 bits per heavy atom. The van der Waals surface area contributed by atoms with Crippen LogP contribution in [0.3, 0.4) is 0 Å². The van der Waals surface area contributed by atoms with Gasteiger partial charge in [0.1, 0.15) is 12.4 Å². The molecule has 6 heteroatoms. The van der Waals surface area contributed by atoms with E-state index in [4.69, 9.17) is 4.74 Å². The summed E-state index contributed by atoms with van der Waals surface area (Å²) in [5.41, 5.74) is 1.73. The molecule has 24 heavy (non-hydrogen) atoms. The van der Waals surface area contributed by atoms with E-state index in [9.17, 15) is 9.59 Å². The summed E-state index contributed by atoms with van der Waals surface area (Å²) < 4.78 is 5.72. The summed E-state index contributed by atoms with van der Waals surface area (Å²) in [7, 11) is 0. The van der Waals surface area contributed by atoms with E-state index < -0.39 is 5.92 Å². The van der Waals surface area contributed by atoms with Crippen LogP contribution in [-0.2, 0) is 9.59 Å². The van der Waals surface area contributed by atoms with Crippen molar-refractivity contribution in [2.24, 2.45) is 5.92 Å². The summed E-state index contributed by atoms with van der Waals surface area (Å²) in [5, 5.41) is 5.73. The van der Waals surface area contributed by atoms with E-state index in [1.165, 1.54) is 0 Å². The number of amides is 2. The Balaban J connectivity index is 1.85. The minimum absolute atomic E-state index is 0.118. The van der Waals surface area contributed by atoms with Gasteiger partial charge in [0.15, 0.2) is 0 Å². The summed E-state index contributed by atoms with van der Waals surface area (Å²) in [4.78, 5) is 26.6. The van der Waals surface area contributed by atoms with Crippen LogP contribution in [0.25, 0.3) is 0 Å². The van der Waals surface area contributed by atoms with E-state index in [2.05, 4.69) is 29.4 Å². The molecular weight excluding hydrogens is 306 g/mol. The molecule has 2 N–H and O–H groups in total. The van der Waals surface area contributed by atoms with Crippen LogP contribution in [0.2, 0.25) is 0 Å². The van der Waals surface area contributed by atoms with E-state index >= 15 is 0 Å². The van der Waals surface area contributed by atoms with Gasteiger partial charge in [0, 0.05) is 19.5 Å². The van der Waals surface area contributed by atoms with Crippen LogP contribution in [0.5, 0.6) is 5.75 Å². The quantitative estimate of drug-likeness (QED) is 0.798. The number of aryl methyl sites for hydroxylation is 1. The highest BCUT2D eigenvalue weighted by molar-refractivity contribution is 5.97. The molecule has 1 atom stereocenters. The lowest BCUT2D eigenvalue weighted by atomic mass is 10.1. The smallest absolute Gasteiger partial charge is 0.231 e. The van der Waals surface area contributed by atoms with Gasteiger partial charge >= 0.3 is 0 Å². The molecule has 0 saturated heterocycles. The van der Waals surface area contributed by atoms with Gasteiger partial charge in [0.05, 0.1) is 11.6 Å². The number of rotatable bonds is 7. The average molecular weight is 333 g/mol. The summed E-state index contributed by atoms with van der Waals surface area (Å²) in [5.74, 6) is -0.108. The molecule has 2 rings (SSSR count). The molecular formula is C18H27N3O3. The second kappa shape index (κ2) is 8.68. The molecule has 1 unspecified atom stereocenters. The van der Waals surface area contributed by atoms with E-state index in [-0.39, 0.29) is 24.8 Å². The molecule has 1 aromatic rings. The second-order valence-electron chi connectivity index (χ2n) is 6.08. The lowest BCUT2D eigenvalue weighted by molar-refractivity contribution is -0.128. The van der Waals surface area contributed by atoms with Crippen LogP contribution < -0.4 is 15.4 Å². The molecule has 2 amide bonds. The lowest BCUT2D eigenvalue weighted by Crippen LogP contribution is -2.37. The summed E-state index contributed by atoms with van der Waals surface area (Å²) in [6, 6.07) is 5.64. The number of nitrogens with one attached hydrogen (secondary N) is 2. The Morgan fingerprint density at radius 3 is 2.83 bits per heavy atom. The molecule has 132 valence electrons. The third kappa shape index (κ3) is 4.96. The standard InChI is InChI=1S/C18H27N3O3/c1-4-21(5-2)9-8-19-17(22)11-14-12-24-16-10-13(3)6-7-15(16)20-18(14)23/h6-7,10,14H,4-5,8-9,11-12H2,1-3H3,(H,19,22)(H,20,23). The van der Waals surface area contributed by atoms with E-state index in [0.717, 1.165) is 25.2 Å². The highest BCUT2D eigenvalue weighted by Gasteiger charge is 2.27. The fourth-order valence-electron chi connectivity index (χ4n) is 2.69. The molecule has 0 aliphatic carbocycles. The van der Waals surface area contributed by atoms with Gasteiger partial charge in [0.25, 0.3) is 0 Å². The third-order valence-corrected chi connectivity index (χ3v) is 4.28. The van der Waals surface area contributed by atoms with Crippen molar-refractivity contribution in [2.45, 2.75) is 27.2 Å². The fourth-order valence-corrected chi connectivity index (χ4v) is 2.69. The van der Waals surface area contributed by atoms with E-state index in [0.29, 0.717) is 18.0 Å². The highest BCUT2D eigenvalue weighted by atomic mass is 16.5. The molecule has 6 nitrogen and oxygen atoms in total. The largest absolute Gasteiger partial charge is 0.491 e. The zero-order chi connectivity index (χ0) is 17.5. The SMILES string of the molecule is CCN(CC)CCNC(=O)CC1COc2cc(C)ccc2NC1=O. The van der Waals surface area contributed by atoms with Crippen molar-refractivity contribution in [1.29, 1.82) is 0 Å². The van der Waals surface area contributed by atoms with Gasteiger partial charge in [-0.1, -0.05) is 19.9 Å². The molecule has 0 saturated carbocycles. The van der Waals surface area contributed by atoms with E-state index in [1.807, 2.05) is 25.1 Å². The number of anilines is 1. The number of carbonyl (C=O) groups is 2. The van der Waals surface area contributed by atoms with Crippen molar-refractivity contribution in [1.82, 2.24) is 10.2 Å². The molecule has 1 aliphatic rings. The number of ether oxygens (including phenoxy) is 1.